The number of carbonyl (C=O) groups excluding carboxylic acids is 2. The molecular formula is C22H25N7O2. The Morgan fingerprint density at radius 3 is 2.74 bits per heavy atom. The van der Waals surface area contributed by atoms with Crippen molar-refractivity contribution in [3.8, 4) is 5.69 Å². The Morgan fingerprint density at radius 1 is 1.13 bits per heavy atom. The molecule has 2 saturated heterocycles. The number of hydrogen-bond acceptors (Lipinski definition) is 5. The number of benzene rings is 1. The Kier molecular flexibility index (Phi) is 5.03. The van der Waals surface area contributed by atoms with Crippen molar-refractivity contribution in [2.24, 2.45) is 0 Å². The first kappa shape index (κ1) is 19.5. The minimum Gasteiger partial charge on any atom is -0.348 e. The highest BCUT2D eigenvalue weighted by molar-refractivity contribution is 5.97. The number of nitrogens with one attached hydrogen (secondary N) is 2. The highest BCUT2D eigenvalue weighted by Crippen LogP contribution is 2.20. The van der Waals surface area contributed by atoms with Crippen molar-refractivity contribution in [2.45, 2.75) is 32.0 Å². The van der Waals surface area contributed by atoms with E-state index in [1.165, 1.54) is 5.56 Å². The number of hydrogen-bond donors (Lipinski definition) is 2. The van der Waals surface area contributed by atoms with E-state index in [4.69, 9.17) is 0 Å². The molecule has 2 aromatic heterocycles. The lowest BCUT2D eigenvalue weighted by molar-refractivity contribution is -0.153. The van der Waals surface area contributed by atoms with E-state index in [9.17, 15) is 9.59 Å². The number of carbonyl (C=O) groups is 2. The predicted octanol–water partition coefficient (Wildman–Crippen LogP) is 0.658. The van der Waals surface area contributed by atoms with Crippen LogP contribution in [0.3, 0.4) is 0 Å². The third-order valence-electron chi connectivity index (χ3n) is 5.98. The molecule has 160 valence electrons. The van der Waals surface area contributed by atoms with Crippen molar-refractivity contribution in [1.29, 1.82) is 0 Å². The highest BCUT2D eigenvalue weighted by Gasteiger charge is 2.43. The number of fused-ring (bicyclic) bond motifs is 1. The summed E-state index contributed by atoms with van der Waals surface area (Å²) in [6.07, 6.45) is 7.56. The van der Waals surface area contributed by atoms with Crippen molar-refractivity contribution in [2.75, 3.05) is 19.6 Å². The van der Waals surface area contributed by atoms with Crippen LogP contribution in [0.5, 0.6) is 0 Å². The van der Waals surface area contributed by atoms with E-state index in [0.717, 1.165) is 23.5 Å². The maximum atomic E-state index is 12.9. The minimum atomic E-state index is -0.538. The van der Waals surface area contributed by atoms with Crippen LogP contribution in [0.4, 0.5) is 0 Å². The first-order valence-corrected chi connectivity index (χ1v) is 10.5. The van der Waals surface area contributed by atoms with Gasteiger partial charge in [0.1, 0.15) is 12.1 Å². The zero-order valence-electron chi connectivity index (χ0n) is 17.4. The fraction of sp³-hybridized carbons (Fsp3) is 0.364. The molecule has 0 unspecified atom stereocenters. The predicted molar refractivity (Wildman–Crippen MR) is 113 cm³/mol. The summed E-state index contributed by atoms with van der Waals surface area (Å²) in [4.78, 5) is 36.6. The van der Waals surface area contributed by atoms with E-state index in [1.807, 2.05) is 29.2 Å². The van der Waals surface area contributed by atoms with Gasteiger partial charge >= 0.3 is 0 Å². The van der Waals surface area contributed by atoms with Gasteiger partial charge in [0.05, 0.1) is 18.2 Å². The van der Waals surface area contributed by atoms with Gasteiger partial charge in [-0.2, -0.15) is 5.10 Å². The van der Waals surface area contributed by atoms with E-state index in [-0.39, 0.29) is 11.8 Å². The molecule has 2 amide bonds. The molecule has 1 aromatic carbocycles. The summed E-state index contributed by atoms with van der Waals surface area (Å²) >= 11 is 0. The second-order valence-electron chi connectivity index (χ2n) is 8.25. The van der Waals surface area contributed by atoms with Crippen LogP contribution in [0.1, 0.15) is 16.8 Å². The molecule has 0 radical (unpaired) electrons. The second kappa shape index (κ2) is 7.99. The van der Waals surface area contributed by atoms with Crippen LogP contribution in [0, 0.1) is 6.92 Å². The molecule has 31 heavy (non-hydrogen) atoms. The van der Waals surface area contributed by atoms with Gasteiger partial charge in [0.2, 0.25) is 11.8 Å². The molecule has 2 atom stereocenters. The number of amides is 2. The normalized spacial score (nSPS) is 21.8. The van der Waals surface area contributed by atoms with E-state index < -0.39 is 12.1 Å². The quantitative estimate of drug-likeness (QED) is 0.633. The van der Waals surface area contributed by atoms with Crippen LogP contribution >= 0.6 is 0 Å². The number of rotatable bonds is 5. The van der Waals surface area contributed by atoms with Crippen LogP contribution in [0.2, 0.25) is 0 Å². The smallest absolute Gasteiger partial charge is 0.246 e. The number of aromatic nitrogens is 4. The average Bonchev–Trinajstić information content (AvgIpc) is 3.45. The summed E-state index contributed by atoms with van der Waals surface area (Å²) in [5, 5.41) is 7.37. The summed E-state index contributed by atoms with van der Waals surface area (Å²) in [5.74, 6) is -0.116. The second-order valence-corrected chi connectivity index (χ2v) is 8.25. The zero-order valence-corrected chi connectivity index (χ0v) is 17.4. The Hall–Kier alpha value is -3.46. The number of imidazole rings is 1. The Morgan fingerprint density at radius 2 is 1.97 bits per heavy atom. The van der Waals surface area contributed by atoms with Crippen LogP contribution in [0.15, 0.2) is 49.2 Å². The molecule has 3 aromatic rings. The minimum absolute atomic E-state index is 0.0222. The molecule has 0 aliphatic carbocycles. The maximum absolute atomic E-state index is 12.9. The average molecular weight is 419 g/mol. The van der Waals surface area contributed by atoms with E-state index in [1.54, 1.807) is 17.4 Å². The number of H-pyrrole nitrogens is 1. The van der Waals surface area contributed by atoms with Gasteiger partial charge in [-0.25, -0.2) is 9.67 Å². The SMILES string of the molecule is Cc1ccc(-n2cc(CN3CCN4C(=O)[C@H](Cc5cnc[nH]5)NC(=O)[C@H]4C3)cn2)cc1. The molecule has 2 aliphatic rings. The van der Waals surface area contributed by atoms with E-state index >= 15 is 0 Å². The molecular weight excluding hydrogens is 394 g/mol. The maximum Gasteiger partial charge on any atom is 0.246 e. The molecule has 0 saturated carbocycles. The third-order valence-corrected chi connectivity index (χ3v) is 5.98. The molecule has 2 fully saturated rings. The lowest BCUT2D eigenvalue weighted by atomic mass is 10.0. The number of aromatic amines is 1. The molecule has 0 spiro atoms. The zero-order chi connectivity index (χ0) is 21.4. The lowest BCUT2D eigenvalue weighted by Gasteiger charge is -2.45. The summed E-state index contributed by atoms with van der Waals surface area (Å²) in [6.45, 7) is 4.54. The van der Waals surface area contributed by atoms with Gasteiger partial charge in [-0.05, 0) is 19.1 Å². The van der Waals surface area contributed by atoms with Crippen LogP contribution in [-0.4, -0.2) is 73.1 Å². The molecule has 0 bridgehead atoms. The summed E-state index contributed by atoms with van der Waals surface area (Å²) in [7, 11) is 0. The van der Waals surface area contributed by atoms with E-state index in [0.29, 0.717) is 26.1 Å². The Bertz CT molecular complexity index is 1070. The Labute approximate surface area is 180 Å². The van der Waals surface area contributed by atoms with Gasteiger partial charge in [-0.15, -0.1) is 0 Å². The molecule has 2 aliphatic heterocycles. The van der Waals surface area contributed by atoms with Gasteiger partial charge in [0, 0.05) is 56.3 Å². The highest BCUT2D eigenvalue weighted by atomic mass is 16.2. The fourth-order valence-electron chi connectivity index (χ4n) is 4.29. The standard InChI is InChI=1S/C22H25N7O2/c1-15-2-4-18(5-3-15)29-12-16(9-25-29)11-27-6-7-28-20(13-27)21(30)26-19(22(28)31)8-17-10-23-14-24-17/h2-5,9-10,12,14,19-20H,6-8,11,13H2,1H3,(H,23,24)(H,26,30)/t19-,20+/m0/s1. The molecule has 2 N–H and O–H groups in total. The number of aryl methyl sites for hydroxylation is 1. The first-order valence-electron chi connectivity index (χ1n) is 10.5. The summed E-state index contributed by atoms with van der Waals surface area (Å²) < 4.78 is 1.86. The monoisotopic (exact) mass is 419 g/mol. The van der Waals surface area contributed by atoms with Crippen LogP contribution < -0.4 is 5.32 Å². The summed E-state index contributed by atoms with van der Waals surface area (Å²) in [6, 6.07) is 7.22. The van der Waals surface area contributed by atoms with Crippen molar-refractivity contribution >= 4 is 11.8 Å². The molecule has 9 heteroatoms. The van der Waals surface area contributed by atoms with Gasteiger partial charge in [-0.3, -0.25) is 14.5 Å². The van der Waals surface area contributed by atoms with Gasteiger partial charge in [0.25, 0.3) is 0 Å². The third kappa shape index (κ3) is 3.96. The van der Waals surface area contributed by atoms with Crippen molar-refractivity contribution in [3.63, 3.8) is 0 Å². The summed E-state index contributed by atoms with van der Waals surface area (Å²) in [5.41, 5.74) is 4.14. The topological polar surface area (TPSA) is 99.1 Å². The fourth-order valence-corrected chi connectivity index (χ4v) is 4.29. The van der Waals surface area contributed by atoms with Gasteiger partial charge in [0.15, 0.2) is 0 Å². The van der Waals surface area contributed by atoms with Crippen molar-refractivity contribution in [3.05, 3.63) is 66.0 Å². The number of nitrogens with zero attached hydrogens (tertiary/aromatic N) is 5. The molecule has 5 rings (SSSR count). The van der Waals surface area contributed by atoms with Gasteiger partial charge < -0.3 is 15.2 Å². The largest absolute Gasteiger partial charge is 0.348 e. The van der Waals surface area contributed by atoms with E-state index in [2.05, 4.69) is 44.3 Å². The van der Waals surface area contributed by atoms with Crippen LogP contribution in [0.25, 0.3) is 5.69 Å². The molecule has 9 nitrogen and oxygen atoms in total. The van der Waals surface area contributed by atoms with Gasteiger partial charge in [-0.1, -0.05) is 17.7 Å². The van der Waals surface area contributed by atoms with Crippen molar-refractivity contribution < 1.29 is 9.59 Å². The Balaban J connectivity index is 1.23. The molecule has 4 heterocycles. The van der Waals surface area contributed by atoms with Crippen molar-refractivity contribution in [1.82, 2.24) is 34.9 Å². The lowest BCUT2D eigenvalue weighted by Crippen LogP contribution is -2.69. The van der Waals surface area contributed by atoms with Crippen LogP contribution in [-0.2, 0) is 22.6 Å². The number of piperazine rings is 2. The first-order chi connectivity index (χ1) is 15.1.